The largest absolute Gasteiger partial charge is 0.494 e. The van der Waals surface area contributed by atoms with Crippen molar-refractivity contribution >= 4 is 34.8 Å². The second kappa shape index (κ2) is 5.27. The summed E-state index contributed by atoms with van der Waals surface area (Å²) in [5.74, 6) is -0.338. The maximum Gasteiger partial charge on any atom is 0.264 e. The topological polar surface area (TPSA) is 105 Å². The minimum absolute atomic E-state index is 0.0129. The van der Waals surface area contributed by atoms with Gasteiger partial charge in [0.2, 0.25) is 5.88 Å². The van der Waals surface area contributed by atoms with Crippen molar-refractivity contribution in [1.29, 1.82) is 5.26 Å². The number of aromatic hydroxyl groups is 1. The molecule has 0 unspecified atom stereocenters. The number of hydrogen-bond donors (Lipinski definition) is 3. The molecule has 3 N–H and O–H groups in total. The van der Waals surface area contributed by atoms with E-state index in [0.29, 0.717) is 10.6 Å². The van der Waals surface area contributed by atoms with Gasteiger partial charge in [-0.2, -0.15) is 5.26 Å². The van der Waals surface area contributed by atoms with E-state index in [1.165, 1.54) is 22.4 Å². The van der Waals surface area contributed by atoms with Crippen LogP contribution in [-0.2, 0) is 12.8 Å². The lowest BCUT2D eigenvalue weighted by molar-refractivity contribution is 0.449. The molecule has 0 radical (unpaired) electrons. The Morgan fingerprint density at radius 2 is 2.24 bits per heavy atom. The summed E-state index contributed by atoms with van der Waals surface area (Å²) in [7, 11) is 0. The molecule has 0 saturated carbocycles. The summed E-state index contributed by atoms with van der Waals surface area (Å²) in [5.41, 5.74) is 1.10. The van der Waals surface area contributed by atoms with Crippen molar-refractivity contribution in [3.8, 4) is 11.9 Å². The van der Waals surface area contributed by atoms with Gasteiger partial charge in [0.1, 0.15) is 16.6 Å². The van der Waals surface area contributed by atoms with Crippen LogP contribution >= 0.6 is 23.6 Å². The first-order valence-corrected chi connectivity index (χ1v) is 7.47. The Bertz CT molecular complexity index is 898. The van der Waals surface area contributed by atoms with E-state index in [1.807, 2.05) is 0 Å². The number of aromatic amines is 2. The van der Waals surface area contributed by atoms with Crippen LogP contribution in [0.2, 0.25) is 0 Å². The van der Waals surface area contributed by atoms with Crippen LogP contribution in [-0.4, -0.2) is 21.3 Å². The highest BCUT2D eigenvalue weighted by molar-refractivity contribution is 7.71. The number of aromatic nitrogens is 2. The predicted molar refractivity (Wildman–Crippen MR) is 82.2 cm³/mol. The fraction of sp³-hybridized carbons (Fsp3) is 0.231. The number of fused-ring (bicyclic) bond motifs is 1. The van der Waals surface area contributed by atoms with E-state index in [-0.39, 0.29) is 16.2 Å². The van der Waals surface area contributed by atoms with Gasteiger partial charge >= 0.3 is 0 Å². The van der Waals surface area contributed by atoms with Gasteiger partial charge in [-0.25, -0.2) is 4.99 Å². The number of rotatable bonds is 2. The van der Waals surface area contributed by atoms with Crippen molar-refractivity contribution < 1.29 is 5.11 Å². The van der Waals surface area contributed by atoms with Crippen LogP contribution in [0.1, 0.15) is 28.0 Å². The fourth-order valence-corrected chi connectivity index (χ4v) is 3.70. The average Bonchev–Trinajstić information content (AvgIpc) is 2.97. The summed E-state index contributed by atoms with van der Waals surface area (Å²) in [5, 5.41) is 19.5. The fourth-order valence-electron chi connectivity index (χ4n) is 2.32. The summed E-state index contributed by atoms with van der Waals surface area (Å²) in [6.45, 7) is 0. The first-order chi connectivity index (χ1) is 10.1. The molecule has 106 valence electrons. The number of H-pyrrole nitrogens is 2. The summed E-state index contributed by atoms with van der Waals surface area (Å²) in [4.78, 5) is 21.9. The smallest absolute Gasteiger partial charge is 0.264 e. The third-order valence-electron chi connectivity index (χ3n) is 3.28. The zero-order valence-electron chi connectivity index (χ0n) is 10.8. The molecular formula is C13H10N4O2S2. The molecule has 0 bridgehead atoms. The Hall–Kier alpha value is -2.24. The highest BCUT2D eigenvalue weighted by Crippen LogP contribution is 2.40. The van der Waals surface area contributed by atoms with Gasteiger partial charge in [-0.05, 0) is 37.0 Å². The Labute approximate surface area is 128 Å². The van der Waals surface area contributed by atoms with E-state index in [9.17, 15) is 15.2 Å². The van der Waals surface area contributed by atoms with Crippen LogP contribution in [0.25, 0.3) is 0 Å². The van der Waals surface area contributed by atoms with Crippen molar-refractivity contribution in [2.24, 2.45) is 4.99 Å². The van der Waals surface area contributed by atoms with E-state index < -0.39 is 5.56 Å². The monoisotopic (exact) mass is 318 g/mol. The summed E-state index contributed by atoms with van der Waals surface area (Å²) < 4.78 is 0.0439. The van der Waals surface area contributed by atoms with E-state index in [0.717, 1.165) is 24.8 Å². The molecular weight excluding hydrogens is 308 g/mol. The molecule has 2 aromatic rings. The predicted octanol–water partition coefficient (Wildman–Crippen LogP) is 2.31. The highest BCUT2D eigenvalue weighted by Gasteiger charge is 2.21. The van der Waals surface area contributed by atoms with Gasteiger partial charge in [0, 0.05) is 11.1 Å². The molecule has 0 amide bonds. The van der Waals surface area contributed by atoms with Gasteiger partial charge in [0.15, 0.2) is 4.77 Å². The Kier molecular flexibility index (Phi) is 3.45. The van der Waals surface area contributed by atoms with Gasteiger partial charge in [-0.15, -0.1) is 11.3 Å². The Balaban J connectivity index is 2.04. The van der Waals surface area contributed by atoms with Gasteiger partial charge in [0.25, 0.3) is 5.56 Å². The maximum absolute atomic E-state index is 11.7. The minimum Gasteiger partial charge on any atom is -0.494 e. The lowest BCUT2D eigenvalue weighted by Gasteiger charge is -1.97. The number of nitriles is 1. The van der Waals surface area contributed by atoms with Crippen molar-refractivity contribution in [3.05, 3.63) is 36.7 Å². The molecule has 0 fully saturated rings. The van der Waals surface area contributed by atoms with Gasteiger partial charge < -0.3 is 10.1 Å². The standard InChI is InChI=1S/C13H10N4O2S2/c14-4-7-6-2-1-3-9(6)21-12(7)15-5-8-10(18)16-13(20)17-11(8)19/h5H,1-3H2,(H3,16,17,18,19,20). The number of nitrogens with one attached hydrogen (secondary N) is 2. The molecule has 21 heavy (non-hydrogen) atoms. The van der Waals surface area contributed by atoms with Crippen LogP contribution in [0.4, 0.5) is 5.00 Å². The third-order valence-corrected chi connectivity index (χ3v) is 4.69. The maximum atomic E-state index is 11.7. The lowest BCUT2D eigenvalue weighted by Crippen LogP contribution is -2.13. The second-order valence-electron chi connectivity index (χ2n) is 4.58. The summed E-state index contributed by atoms with van der Waals surface area (Å²) >= 11 is 6.21. The quantitative estimate of drug-likeness (QED) is 0.583. The zero-order chi connectivity index (χ0) is 15.0. The Morgan fingerprint density at radius 1 is 1.43 bits per heavy atom. The molecule has 0 atom stereocenters. The van der Waals surface area contributed by atoms with E-state index >= 15 is 0 Å². The molecule has 6 nitrogen and oxygen atoms in total. The van der Waals surface area contributed by atoms with Crippen LogP contribution in [0, 0.1) is 16.1 Å². The van der Waals surface area contributed by atoms with Gasteiger partial charge in [0.05, 0.1) is 5.56 Å². The lowest BCUT2D eigenvalue weighted by atomic mass is 10.1. The van der Waals surface area contributed by atoms with Crippen molar-refractivity contribution in [2.45, 2.75) is 19.3 Å². The molecule has 8 heteroatoms. The van der Waals surface area contributed by atoms with E-state index in [4.69, 9.17) is 12.2 Å². The van der Waals surface area contributed by atoms with Crippen LogP contribution < -0.4 is 5.56 Å². The first-order valence-electron chi connectivity index (χ1n) is 6.24. The van der Waals surface area contributed by atoms with Crippen LogP contribution in [0.5, 0.6) is 5.88 Å². The number of aryl methyl sites for hydroxylation is 1. The summed E-state index contributed by atoms with van der Waals surface area (Å²) in [6.07, 6.45) is 4.18. The van der Waals surface area contributed by atoms with E-state index in [2.05, 4.69) is 21.0 Å². The second-order valence-corrected chi connectivity index (χ2v) is 6.07. The van der Waals surface area contributed by atoms with Crippen LogP contribution in [0.3, 0.4) is 0 Å². The highest BCUT2D eigenvalue weighted by atomic mass is 32.1. The Morgan fingerprint density at radius 3 is 2.95 bits per heavy atom. The van der Waals surface area contributed by atoms with Crippen molar-refractivity contribution in [1.82, 2.24) is 9.97 Å². The van der Waals surface area contributed by atoms with Crippen LogP contribution in [0.15, 0.2) is 9.79 Å². The molecule has 0 spiro atoms. The number of thiophene rings is 1. The van der Waals surface area contributed by atoms with Crippen molar-refractivity contribution in [3.63, 3.8) is 0 Å². The third kappa shape index (κ3) is 2.41. The molecule has 2 heterocycles. The number of aliphatic imine (C=N–C) groups is 1. The molecule has 1 aliphatic rings. The van der Waals surface area contributed by atoms with Gasteiger partial charge in [-0.1, -0.05) is 0 Å². The molecule has 0 saturated heterocycles. The van der Waals surface area contributed by atoms with Gasteiger partial charge in [-0.3, -0.25) is 9.78 Å². The molecule has 0 aliphatic heterocycles. The normalized spacial score (nSPS) is 13.5. The van der Waals surface area contributed by atoms with E-state index in [1.54, 1.807) is 0 Å². The SMILES string of the molecule is N#Cc1c(N=Cc2c(O)[nH]c(=S)[nH]c2=O)sc2c1CCC2. The number of nitrogens with zero attached hydrogens (tertiary/aromatic N) is 2. The average molecular weight is 318 g/mol. The minimum atomic E-state index is -0.525. The first kappa shape index (κ1) is 13.7. The zero-order valence-corrected chi connectivity index (χ0v) is 12.4. The molecule has 3 rings (SSSR count). The van der Waals surface area contributed by atoms with Crippen molar-refractivity contribution in [2.75, 3.05) is 0 Å². The molecule has 2 aromatic heterocycles. The molecule has 1 aliphatic carbocycles. The summed E-state index contributed by atoms with van der Waals surface area (Å²) in [6, 6.07) is 2.17. The number of hydrogen-bond acceptors (Lipinski definition) is 6. The molecule has 0 aromatic carbocycles.